The van der Waals surface area contributed by atoms with Crippen LogP contribution in [0.3, 0.4) is 0 Å². The molecule has 0 amide bonds. The highest BCUT2D eigenvalue weighted by Crippen LogP contribution is 2.36. The van der Waals surface area contributed by atoms with E-state index in [0.717, 1.165) is 0 Å². The fourth-order valence-corrected chi connectivity index (χ4v) is 1.85. The van der Waals surface area contributed by atoms with E-state index in [1.165, 1.54) is 13.0 Å². The zero-order valence-corrected chi connectivity index (χ0v) is 9.58. The zero-order valence-electron chi connectivity index (χ0n) is 9.58. The third kappa shape index (κ3) is 1.99. The van der Waals surface area contributed by atoms with Crippen molar-refractivity contribution >= 4 is 6.08 Å². The van der Waals surface area contributed by atoms with Crippen molar-refractivity contribution in [2.75, 3.05) is 0 Å². The normalized spacial score (nSPS) is 24.7. The van der Waals surface area contributed by atoms with E-state index in [0.29, 0.717) is 5.76 Å². The molecular formula is C12H14O5. The summed E-state index contributed by atoms with van der Waals surface area (Å²) in [6.07, 6.45) is 0.492. The van der Waals surface area contributed by atoms with Crippen LogP contribution in [-0.4, -0.2) is 22.4 Å². The molecule has 1 aromatic rings. The first-order chi connectivity index (χ1) is 8.04. The van der Waals surface area contributed by atoms with Gasteiger partial charge in [-0.25, -0.2) is 4.79 Å². The molecule has 3 unspecified atom stereocenters. The number of fused-ring (bicyclic) bond motifs is 1. The average Bonchev–Trinajstić information content (AvgIpc) is 2.56. The van der Waals surface area contributed by atoms with Crippen LogP contribution in [0.1, 0.15) is 31.3 Å². The first-order valence-electron chi connectivity index (χ1n) is 5.38. The van der Waals surface area contributed by atoms with Crippen molar-refractivity contribution in [3.05, 3.63) is 33.9 Å². The fraction of sp³-hybridized carbons (Fsp3) is 0.417. The maximum Gasteiger partial charge on any atom is 0.346 e. The molecule has 3 atom stereocenters. The van der Waals surface area contributed by atoms with Crippen molar-refractivity contribution in [1.29, 1.82) is 0 Å². The van der Waals surface area contributed by atoms with Crippen LogP contribution >= 0.6 is 0 Å². The molecule has 1 aliphatic rings. The minimum atomic E-state index is -1.15. The number of aliphatic hydroxyl groups is 2. The standard InChI is InChI=1S/C12H14O5/c1-3-4-7-5-8-9(12(15)16-7)10(14)11(17-8)6(2)13/h3-6,10-11,13-14H,1-2H3/b4-3+. The SMILES string of the molecule is C/C=C/c1cc2c(c(=O)o1)C(O)C(C(C)O)O2. The maximum atomic E-state index is 11.7. The van der Waals surface area contributed by atoms with Gasteiger partial charge in [0.15, 0.2) is 6.10 Å². The number of hydrogen-bond donors (Lipinski definition) is 2. The van der Waals surface area contributed by atoms with Gasteiger partial charge in [0.1, 0.15) is 23.2 Å². The summed E-state index contributed by atoms with van der Waals surface area (Å²) in [5, 5.41) is 19.3. The predicted molar refractivity (Wildman–Crippen MR) is 60.7 cm³/mol. The quantitative estimate of drug-likeness (QED) is 0.798. The molecule has 0 radical (unpaired) electrons. The molecule has 0 fully saturated rings. The first-order valence-corrected chi connectivity index (χ1v) is 5.38. The number of hydrogen-bond acceptors (Lipinski definition) is 5. The summed E-state index contributed by atoms with van der Waals surface area (Å²) >= 11 is 0. The number of allylic oxidation sites excluding steroid dienone is 1. The third-order valence-corrected chi connectivity index (χ3v) is 2.65. The van der Waals surface area contributed by atoms with Crippen LogP contribution in [0.25, 0.3) is 6.08 Å². The summed E-state index contributed by atoms with van der Waals surface area (Å²) in [7, 11) is 0. The highest BCUT2D eigenvalue weighted by molar-refractivity contribution is 5.48. The van der Waals surface area contributed by atoms with Gasteiger partial charge in [-0.3, -0.25) is 0 Å². The Hall–Kier alpha value is -1.59. The second kappa shape index (κ2) is 4.35. The van der Waals surface area contributed by atoms with Crippen molar-refractivity contribution in [3.8, 4) is 5.75 Å². The molecule has 0 saturated heterocycles. The van der Waals surface area contributed by atoms with Gasteiger partial charge >= 0.3 is 5.63 Å². The molecule has 1 aromatic heterocycles. The minimum Gasteiger partial charge on any atom is -0.484 e. The molecule has 0 aromatic carbocycles. The Balaban J connectivity index is 2.48. The van der Waals surface area contributed by atoms with Crippen LogP contribution in [0.15, 0.2) is 21.4 Å². The topological polar surface area (TPSA) is 79.9 Å². The molecule has 2 rings (SSSR count). The highest BCUT2D eigenvalue weighted by Gasteiger charge is 2.39. The molecule has 0 saturated carbocycles. The second-order valence-corrected chi connectivity index (χ2v) is 3.98. The van der Waals surface area contributed by atoms with Crippen molar-refractivity contribution in [3.63, 3.8) is 0 Å². The molecule has 0 bridgehead atoms. The lowest BCUT2D eigenvalue weighted by atomic mass is 10.1. The summed E-state index contributed by atoms with van der Waals surface area (Å²) in [4.78, 5) is 11.7. The lowest BCUT2D eigenvalue weighted by Crippen LogP contribution is -2.31. The molecule has 2 heterocycles. The Kier molecular flexibility index (Phi) is 3.04. The molecule has 92 valence electrons. The van der Waals surface area contributed by atoms with E-state index < -0.39 is 23.9 Å². The van der Waals surface area contributed by atoms with Gasteiger partial charge in [-0.2, -0.15) is 0 Å². The molecule has 17 heavy (non-hydrogen) atoms. The molecule has 0 spiro atoms. The van der Waals surface area contributed by atoms with Gasteiger partial charge in [-0.1, -0.05) is 6.08 Å². The van der Waals surface area contributed by atoms with Crippen molar-refractivity contribution < 1.29 is 19.4 Å². The largest absolute Gasteiger partial charge is 0.484 e. The molecule has 0 aliphatic carbocycles. The molecule has 2 N–H and O–H groups in total. The van der Waals surface area contributed by atoms with Gasteiger partial charge in [-0.05, 0) is 19.9 Å². The Labute approximate surface area is 98.0 Å². The summed E-state index contributed by atoms with van der Waals surface area (Å²) in [6, 6.07) is 1.53. The lowest BCUT2D eigenvalue weighted by molar-refractivity contribution is -0.0155. The number of ether oxygens (including phenoxy) is 1. The molecule has 1 aliphatic heterocycles. The van der Waals surface area contributed by atoms with Crippen LogP contribution in [0.2, 0.25) is 0 Å². The molecular weight excluding hydrogens is 224 g/mol. The van der Waals surface area contributed by atoms with Crippen molar-refractivity contribution in [2.24, 2.45) is 0 Å². The van der Waals surface area contributed by atoms with Gasteiger partial charge < -0.3 is 19.4 Å². The number of aliphatic hydroxyl groups excluding tert-OH is 2. The van der Waals surface area contributed by atoms with Gasteiger partial charge in [0.05, 0.1) is 6.10 Å². The molecule has 5 nitrogen and oxygen atoms in total. The van der Waals surface area contributed by atoms with Gasteiger partial charge in [0.2, 0.25) is 0 Å². The van der Waals surface area contributed by atoms with E-state index in [1.807, 2.05) is 0 Å². The van der Waals surface area contributed by atoms with E-state index in [1.54, 1.807) is 19.1 Å². The monoisotopic (exact) mass is 238 g/mol. The lowest BCUT2D eigenvalue weighted by Gasteiger charge is -2.16. The maximum absolute atomic E-state index is 11.7. The van der Waals surface area contributed by atoms with Crippen LogP contribution in [0.4, 0.5) is 0 Å². The summed E-state index contributed by atoms with van der Waals surface area (Å²) in [5.41, 5.74) is -0.560. The predicted octanol–water partition coefficient (Wildman–Crippen LogP) is 0.848. The van der Waals surface area contributed by atoms with Crippen molar-refractivity contribution in [2.45, 2.75) is 32.2 Å². The van der Waals surface area contributed by atoms with E-state index in [4.69, 9.17) is 9.15 Å². The summed E-state index contributed by atoms with van der Waals surface area (Å²) < 4.78 is 10.3. The van der Waals surface area contributed by atoms with Gasteiger partial charge in [0.25, 0.3) is 0 Å². The first kappa shape index (κ1) is 11.9. The minimum absolute atomic E-state index is 0.0733. The summed E-state index contributed by atoms with van der Waals surface area (Å²) in [5.74, 6) is 0.627. The second-order valence-electron chi connectivity index (χ2n) is 3.98. The fourth-order valence-electron chi connectivity index (χ4n) is 1.85. The number of rotatable bonds is 2. The van der Waals surface area contributed by atoms with Crippen molar-refractivity contribution in [1.82, 2.24) is 0 Å². The van der Waals surface area contributed by atoms with E-state index in [-0.39, 0.29) is 11.3 Å². The Morgan fingerprint density at radius 2 is 2.24 bits per heavy atom. The Morgan fingerprint density at radius 1 is 1.53 bits per heavy atom. The highest BCUT2D eigenvalue weighted by atomic mass is 16.5. The van der Waals surface area contributed by atoms with Gasteiger partial charge in [0, 0.05) is 6.07 Å². The van der Waals surface area contributed by atoms with Gasteiger partial charge in [-0.15, -0.1) is 0 Å². The van der Waals surface area contributed by atoms with Crippen LogP contribution in [0.5, 0.6) is 5.75 Å². The van der Waals surface area contributed by atoms with E-state index in [2.05, 4.69) is 0 Å². The Morgan fingerprint density at radius 3 is 2.82 bits per heavy atom. The zero-order chi connectivity index (χ0) is 12.6. The van der Waals surface area contributed by atoms with E-state index >= 15 is 0 Å². The smallest absolute Gasteiger partial charge is 0.346 e. The molecule has 5 heteroatoms. The van der Waals surface area contributed by atoms with Crippen LogP contribution < -0.4 is 10.4 Å². The van der Waals surface area contributed by atoms with Crippen LogP contribution in [-0.2, 0) is 0 Å². The third-order valence-electron chi connectivity index (χ3n) is 2.65. The summed E-state index contributed by atoms with van der Waals surface area (Å²) in [6.45, 7) is 3.29. The Bertz CT molecular complexity index is 500. The van der Waals surface area contributed by atoms with E-state index in [9.17, 15) is 15.0 Å². The average molecular weight is 238 g/mol. The van der Waals surface area contributed by atoms with Crippen LogP contribution in [0, 0.1) is 0 Å².